The number of unbranched alkanes of at least 4 members (excludes halogenated alkanes) is 2. The van der Waals surface area contributed by atoms with Gasteiger partial charge in [0.2, 0.25) is 0 Å². The minimum atomic E-state index is -0.747. The van der Waals surface area contributed by atoms with E-state index in [0.29, 0.717) is 5.92 Å². The normalized spacial score (nSPS) is 11.5. The minimum absolute atomic E-state index is 0.496. The molecular weight excluding hydrogens is 296 g/mol. The number of benzene rings is 2. The molecule has 0 saturated heterocycles. The quantitative estimate of drug-likeness (QED) is 0.372. The fourth-order valence-electron chi connectivity index (χ4n) is 2.68. The zero-order valence-electron chi connectivity index (χ0n) is 12.4. The van der Waals surface area contributed by atoms with Crippen molar-refractivity contribution in [2.24, 2.45) is 0 Å². The van der Waals surface area contributed by atoms with Gasteiger partial charge in [0.25, 0.3) is 9.07 Å². The van der Waals surface area contributed by atoms with Crippen LogP contribution in [0, 0.1) is 0 Å². The van der Waals surface area contributed by atoms with E-state index in [0.717, 1.165) is 13.0 Å². The Morgan fingerprint density at radius 1 is 0.810 bits per heavy atom. The number of halogens is 1. The lowest BCUT2D eigenvalue weighted by Crippen LogP contribution is -2.02. The fourth-order valence-corrected chi connectivity index (χ4v) is 3.32. The van der Waals surface area contributed by atoms with Gasteiger partial charge in [-0.25, -0.2) is 0 Å². The van der Waals surface area contributed by atoms with Crippen LogP contribution < -0.4 is 0 Å². The summed E-state index contributed by atoms with van der Waals surface area (Å²) in [7, 11) is -0.747. The van der Waals surface area contributed by atoms with Gasteiger partial charge >= 0.3 is 0 Å². The Hall–Kier alpha value is -1.09. The number of hydrogen-bond acceptors (Lipinski definition) is 1. The Kier molecular flexibility index (Phi) is 7.58. The standard InChI is InChI=1S/C18H23ClOSi/c19-21-20-15-9-3-8-14-18(16-10-4-1-5-11-16)17-12-6-2-7-13-17/h1-2,4-7,10-13,18H,3,8-9,14-15,21H2. The van der Waals surface area contributed by atoms with Gasteiger partial charge in [0.1, 0.15) is 0 Å². The summed E-state index contributed by atoms with van der Waals surface area (Å²) in [4.78, 5) is 0. The van der Waals surface area contributed by atoms with E-state index >= 15 is 0 Å². The van der Waals surface area contributed by atoms with Crippen LogP contribution in [-0.2, 0) is 4.43 Å². The van der Waals surface area contributed by atoms with Crippen molar-refractivity contribution in [3.8, 4) is 0 Å². The summed E-state index contributed by atoms with van der Waals surface area (Å²) in [5.74, 6) is 0.496. The molecule has 0 fully saturated rings. The molecule has 0 amide bonds. The first-order valence-corrected chi connectivity index (χ1v) is 10.4. The summed E-state index contributed by atoms with van der Waals surface area (Å²) in [6.45, 7) is 0.830. The van der Waals surface area contributed by atoms with Crippen molar-refractivity contribution in [1.29, 1.82) is 0 Å². The first kappa shape index (κ1) is 16.3. The molecule has 0 aliphatic heterocycles. The summed E-state index contributed by atoms with van der Waals surface area (Å²) in [6.07, 6.45) is 4.74. The molecule has 0 radical (unpaired) electrons. The van der Waals surface area contributed by atoms with Gasteiger partial charge < -0.3 is 4.43 Å². The first-order chi connectivity index (χ1) is 10.4. The van der Waals surface area contributed by atoms with Crippen molar-refractivity contribution in [1.82, 2.24) is 0 Å². The van der Waals surface area contributed by atoms with Crippen molar-refractivity contribution in [2.75, 3.05) is 6.61 Å². The largest absolute Gasteiger partial charge is 0.408 e. The van der Waals surface area contributed by atoms with E-state index in [-0.39, 0.29) is 0 Å². The van der Waals surface area contributed by atoms with Gasteiger partial charge in [-0.05, 0) is 24.0 Å². The van der Waals surface area contributed by atoms with E-state index in [1.807, 2.05) is 0 Å². The van der Waals surface area contributed by atoms with E-state index in [9.17, 15) is 0 Å². The van der Waals surface area contributed by atoms with Gasteiger partial charge in [-0.3, -0.25) is 0 Å². The lowest BCUT2D eigenvalue weighted by atomic mass is 9.87. The molecule has 0 heterocycles. The van der Waals surface area contributed by atoms with Crippen molar-refractivity contribution in [2.45, 2.75) is 31.6 Å². The van der Waals surface area contributed by atoms with E-state index in [1.165, 1.54) is 30.4 Å². The predicted octanol–water partition coefficient (Wildman–Crippen LogP) is 4.63. The Morgan fingerprint density at radius 3 is 1.90 bits per heavy atom. The molecule has 0 aromatic heterocycles. The summed E-state index contributed by atoms with van der Waals surface area (Å²) in [5.41, 5.74) is 2.82. The van der Waals surface area contributed by atoms with Crippen molar-refractivity contribution in [3.05, 3.63) is 71.8 Å². The van der Waals surface area contributed by atoms with E-state index in [1.54, 1.807) is 0 Å². The van der Waals surface area contributed by atoms with Crippen LogP contribution in [0.25, 0.3) is 0 Å². The van der Waals surface area contributed by atoms with Crippen LogP contribution >= 0.6 is 11.1 Å². The Bertz CT molecular complexity index is 450. The molecule has 112 valence electrons. The summed E-state index contributed by atoms with van der Waals surface area (Å²) in [5, 5.41) is 0. The smallest absolute Gasteiger partial charge is 0.258 e. The average molecular weight is 319 g/mol. The van der Waals surface area contributed by atoms with Crippen molar-refractivity contribution < 1.29 is 4.43 Å². The highest BCUT2D eigenvalue weighted by molar-refractivity contribution is 6.89. The molecule has 0 spiro atoms. The second kappa shape index (κ2) is 9.77. The lowest BCUT2D eigenvalue weighted by Gasteiger charge is -2.18. The topological polar surface area (TPSA) is 9.23 Å². The van der Waals surface area contributed by atoms with Crippen LogP contribution in [0.2, 0.25) is 0 Å². The highest BCUT2D eigenvalue weighted by Crippen LogP contribution is 2.29. The molecule has 0 aliphatic rings. The molecule has 0 unspecified atom stereocenters. The van der Waals surface area contributed by atoms with Crippen LogP contribution in [-0.4, -0.2) is 15.7 Å². The van der Waals surface area contributed by atoms with Crippen LogP contribution in [0.15, 0.2) is 60.7 Å². The zero-order chi connectivity index (χ0) is 14.8. The van der Waals surface area contributed by atoms with Crippen LogP contribution in [0.4, 0.5) is 0 Å². The van der Waals surface area contributed by atoms with Crippen molar-refractivity contribution in [3.63, 3.8) is 0 Å². The third-order valence-corrected chi connectivity index (χ3v) is 4.67. The van der Waals surface area contributed by atoms with Gasteiger partial charge in [-0.2, -0.15) is 0 Å². The van der Waals surface area contributed by atoms with E-state index in [4.69, 9.17) is 15.5 Å². The zero-order valence-corrected chi connectivity index (χ0v) is 14.5. The second-order valence-electron chi connectivity index (χ2n) is 5.24. The predicted molar refractivity (Wildman–Crippen MR) is 93.5 cm³/mol. The van der Waals surface area contributed by atoms with Crippen molar-refractivity contribution >= 4 is 20.2 Å². The summed E-state index contributed by atoms with van der Waals surface area (Å²) in [6, 6.07) is 21.6. The third-order valence-electron chi connectivity index (χ3n) is 3.76. The molecule has 0 atom stereocenters. The number of hydrogen-bond donors (Lipinski definition) is 0. The fraction of sp³-hybridized carbons (Fsp3) is 0.333. The molecule has 0 bridgehead atoms. The van der Waals surface area contributed by atoms with Gasteiger partial charge in [-0.1, -0.05) is 73.5 Å². The molecule has 2 aromatic rings. The summed E-state index contributed by atoms with van der Waals surface area (Å²) >= 11 is 5.64. The Balaban J connectivity index is 1.94. The molecule has 21 heavy (non-hydrogen) atoms. The monoisotopic (exact) mass is 318 g/mol. The van der Waals surface area contributed by atoms with Gasteiger partial charge in [-0.15, -0.1) is 11.1 Å². The van der Waals surface area contributed by atoms with Crippen LogP contribution in [0.3, 0.4) is 0 Å². The van der Waals surface area contributed by atoms with Gasteiger partial charge in [0, 0.05) is 12.5 Å². The highest BCUT2D eigenvalue weighted by atomic mass is 35.6. The molecule has 3 heteroatoms. The molecular formula is C18H23ClOSi. The minimum Gasteiger partial charge on any atom is -0.408 e. The highest BCUT2D eigenvalue weighted by Gasteiger charge is 2.13. The van der Waals surface area contributed by atoms with Gasteiger partial charge in [0.05, 0.1) is 0 Å². The summed E-state index contributed by atoms with van der Waals surface area (Å²) < 4.78 is 5.31. The Morgan fingerprint density at radius 2 is 1.38 bits per heavy atom. The SMILES string of the molecule is Cl[SiH2]OCCCCCC(c1ccccc1)c1ccccc1. The Labute approximate surface area is 134 Å². The molecule has 0 aliphatic carbocycles. The third kappa shape index (κ3) is 5.66. The van der Waals surface area contributed by atoms with Crippen LogP contribution in [0.1, 0.15) is 42.7 Å². The van der Waals surface area contributed by atoms with Crippen LogP contribution in [0.5, 0.6) is 0 Å². The first-order valence-electron chi connectivity index (χ1n) is 7.65. The maximum Gasteiger partial charge on any atom is 0.258 e. The van der Waals surface area contributed by atoms with E-state index in [2.05, 4.69) is 60.7 Å². The maximum atomic E-state index is 5.64. The molecule has 2 aromatic carbocycles. The lowest BCUT2D eigenvalue weighted by molar-refractivity contribution is 0.328. The molecule has 0 N–H and O–H groups in total. The van der Waals surface area contributed by atoms with E-state index < -0.39 is 9.07 Å². The maximum absolute atomic E-state index is 5.64. The molecule has 1 nitrogen and oxygen atoms in total. The average Bonchev–Trinajstić information content (AvgIpc) is 2.56. The number of rotatable bonds is 9. The van der Waals surface area contributed by atoms with Gasteiger partial charge in [0.15, 0.2) is 0 Å². The molecule has 2 rings (SSSR count). The molecule has 0 saturated carbocycles. The second-order valence-corrected chi connectivity index (χ2v) is 6.52.